The molecule has 8 heteroatoms. The molecule has 1 aliphatic heterocycles. The number of rotatable bonds is 4. The molecule has 4 rings (SSSR count). The number of carbonyl (C=O) groups excluding carboxylic acids is 2. The molecule has 0 radical (unpaired) electrons. The standard InChI is InChI=1S/C20H20N4O4/c1-24-11-15(9-17(24)20(26)27-2)28-19(25)16-8-12(3-5-21-16)14-7-13-4-6-22-18(13)23-10-14/h3-8,10,15,17H,9,11H2,1-2H3,(H,22,23). The molecule has 28 heavy (non-hydrogen) atoms. The van der Waals surface area contributed by atoms with Gasteiger partial charge in [-0.3, -0.25) is 9.69 Å². The van der Waals surface area contributed by atoms with E-state index in [0.29, 0.717) is 13.0 Å². The smallest absolute Gasteiger partial charge is 0.357 e. The molecular formula is C20H20N4O4. The first-order valence-corrected chi connectivity index (χ1v) is 8.94. The summed E-state index contributed by atoms with van der Waals surface area (Å²) in [6.45, 7) is 0.472. The van der Waals surface area contributed by atoms with E-state index >= 15 is 0 Å². The highest BCUT2D eigenvalue weighted by Gasteiger charge is 2.37. The quantitative estimate of drug-likeness (QED) is 0.692. The lowest BCUT2D eigenvalue weighted by Crippen LogP contribution is -2.33. The Morgan fingerprint density at radius 1 is 1.21 bits per heavy atom. The molecule has 0 saturated carbocycles. The summed E-state index contributed by atoms with van der Waals surface area (Å²) in [6, 6.07) is 7.05. The molecule has 2 atom stereocenters. The van der Waals surface area contributed by atoms with Crippen LogP contribution < -0.4 is 0 Å². The maximum Gasteiger partial charge on any atom is 0.357 e. The number of carbonyl (C=O) groups is 2. The Balaban J connectivity index is 1.49. The van der Waals surface area contributed by atoms with E-state index in [9.17, 15) is 9.59 Å². The molecule has 1 aliphatic rings. The number of pyridine rings is 2. The molecule has 0 aliphatic carbocycles. The Morgan fingerprint density at radius 2 is 2.07 bits per heavy atom. The lowest BCUT2D eigenvalue weighted by atomic mass is 10.1. The van der Waals surface area contributed by atoms with E-state index in [1.165, 1.54) is 7.11 Å². The fourth-order valence-electron chi connectivity index (χ4n) is 3.48. The zero-order valence-electron chi connectivity index (χ0n) is 15.6. The van der Waals surface area contributed by atoms with E-state index in [1.807, 2.05) is 29.3 Å². The van der Waals surface area contributed by atoms with Crippen molar-refractivity contribution in [2.45, 2.75) is 18.6 Å². The molecule has 8 nitrogen and oxygen atoms in total. The third-order valence-electron chi connectivity index (χ3n) is 4.96. The molecular weight excluding hydrogens is 360 g/mol. The molecule has 3 aromatic rings. The van der Waals surface area contributed by atoms with E-state index in [0.717, 1.165) is 22.2 Å². The molecule has 1 saturated heterocycles. The number of fused-ring (bicyclic) bond motifs is 1. The Morgan fingerprint density at radius 3 is 2.89 bits per heavy atom. The SMILES string of the molecule is COC(=O)C1CC(OC(=O)c2cc(-c3cnc4[nH]ccc4c3)ccn2)CN1C. The van der Waals surface area contributed by atoms with Crippen molar-refractivity contribution in [2.24, 2.45) is 0 Å². The first kappa shape index (κ1) is 18.1. The van der Waals surface area contributed by atoms with Gasteiger partial charge in [0.25, 0.3) is 0 Å². The molecule has 0 spiro atoms. The normalized spacial score (nSPS) is 19.6. The lowest BCUT2D eigenvalue weighted by Gasteiger charge is -2.15. The Hall–Kier alpha value is -3.26. The second-order valence-corrected chi connectivity index (χ2v) is 6.81. The number of aromatic amines is 1. The maximum atomic E-state index is 12.6. The highest BCUT2D eigenvalue weighted by atomic mass is 16.5. The van der Waals surface area contributed by atoms with Gasteiger partial charge in [0.05, 0.1) is 7.11 Å². The molecule has 144 valence electrons. The van der Waals surface area contributed by atoms with Crippen LogP contribution in [-0.2, 0) is 14.3 Å². The fourth-order valence-corrected chi connectivity index (χ4v) is 3.48. The number of H-pyrrole nitrogens is 1. The highest BCUT2D eigenvalue weighted by molar-refractivity contribution is 5.89. The molecule has 0 amide bonds. The zero-order chi connectivity index (χ0) is 19.7. The summed E-state index contributed by atoms with van der Waals surface area (Å²) in [4.78, 5) is 37.7. The average molecular weight is 380 g/mol. The van der Waals surface area contributed by atoms with Crippen LogP contribution in [0, 0.1) is 0 Å². The van der Waals surface area contributed by atoms with Crippen LogP contribution in [0.25, 0.3) is 22.2 Å². The second-order valence-electron chi connectivity index (χ2n) is 6.81. The number of nitrogens with one attached hydrogen (secondary N) is 1. The van der Waals surface area contributed by atoms with Crippen molar-refractivity contribution in [3.05, 3.63) is 48.5 Å². The molecule has 0 aromatic carbocycles. The minimum atomic E-state index is -0.513. The van der Waals surface area contributed by atoms with E-state index in [1.54, 1.807) is 25.5 Å². The van der Waals surface area contributed by atoms with Gasteiger partial charge in [0, 0.05) is 42.5 Å². The van der Waals surface area contributed by atoms with Gasteiger partial charge in [0.2, 0.25) is 0 Å². The molecule has 1 fully saturated rings. The molecule has 1 N–H and O–H groups in total. The number of likely N-dealkylation sites (N-methyl/N-ethyl adjacent to an activating group) is 1. The summed E-state index contributed by atoms with van der Waals surface area (Å²) < 4.78 is 10.4. The number of methoxy groups -OCH3 is 1. The van der Waals surface area contributed by atoms with E-state index in [4.69, 9.17) is 9.47 Å². The van der Waals surface area contributed by atoms with Crippen molar-refractivity contribution in [1.82, 2.24) is 19.9 Å². The number of aromatic nitrogens is 3. The van der Waals surface area contributed by atoms with Crippen molar-refractivity contribution in [1.29, 1.82) is 0 Å². The van der Waals surface area contributed by atoms with Gasteiger partial charge in [-0.15, -0.1) is 0 Å². The van der Waals surface area contributed by atoms with Gasteiger partial charge in [-0.25, -0.2) is 14.8 Å². The predicted octanol–water partition coefficient (Wildman–Crippen LogP) is 2.03. The Bertz CT molecular complexity index is 1030. The fraction of sp³-hybridized carbons (Fsp3) is 0.300. The van der Waals surface area contributed by atoms with Gasteiger partial charge in [-0.05, 0) is 36.9 Å². The Kier molecular flexibility index (Phi) is 4.79. The van der Waals surface area contributed by atoms with Crippen LogP contribution in [0.5, 0.6) is 0 Å². The minimum Gasteiger partial charge on any atom is -0.468 e. The number of nitrogens with zero attached hydrogens (tertiary/aromatic N) is 3. The van der Waals surface area contributed by atoms with Gasteiger partial charge in [0.15, 0.2) is 0 Å². The van der Waals surface area contributed by atoms with Gasteiger partial charge >= 0.3 is 11.9 Å². The predicted molar refractivity (Wildman–Crippen MR) is 102 cm³/mol. The van der Waals surface area contributed by atoms with Crippen molar-refractivity contribution in [2.75, 3.05) is 20.7 Å². The molecule has 4 heterocycles. The summed E-state index contributed by atoms with van der Waals surface area (Å²) in [7, 11) is 3.16. The van der Waals surface area contributed by atoms with Crippen LogP contribution in [0.1, 0.15) is 16.9 Å². The molecule has 0 bridgehead atoms. The molecule has 2 unspecified atom stereocenters. The summed E-state index contributed by atoms with van der Waals surface area (Å²) in [6.07, 6.45) is 5.17. The van der Waals surface area contributed by atoms with E-state index in [-0.39, 0.29) is 17.8 Å². The van der Waals surface area contributed by atoms with Crippen LogP contribution in [0.2, 0.25) is 0 Å². The molecule has 3 aromatic heterocycles. The lowest BCUT2D eigenvalue weighted by molar-refractivity contribution is -0.145. The van der Waals surface area contributed by atoms with Crippen LogP contribution in [-0.4, -0.2) is 64.6 Å². The minimum absolute atomic E-state index is 0.218. The van der Waals surface area contributed by atoms with Crippen LogP contribution in [0.3, 0.4) is 0 Å². The maximum absolute atomic E-state index is 12.6. The van der Waals surface area contributed by atoms with Gasteiger partial charge in [-0.1, -0.05) is 0 Å². The van der Waals surface area contributed by atoms with Crippen LogP contribution in [0.4, 0.5) is 0 Å². The number of hydrogen-bond donors (Lipinski definition) is 1. The van der Waals surface area contributed by atoms with Gasteiger partial charge in [-0.2, -0.15) is 0 Å². The van der Waals surface area contributed by atoms with Gasteiger partial charge < -0.3 is 14.5 Å². The monoisotopic (exact) mass is 380 g/mol. The second kappa shape index (κ2) is 7.40. The summed E-state index contributed by atoms with van der Waals surface area (Å²) in [5, 5.41) is 0.987. The summed E-state index contributed by atoms with van der Waals surface area (Å²) >= 11 is 0. The summed E-state index contributed by atoms with van der Waals surface area (Å²) in [5.41, 5.74) is 2.74. The van der Waals surface area contributed by atoms with Crippen molar-refractivity contribution >= 4 is 23.0 Å². The third kappa shape index (κ3) is 3.46. The van der Waals surface area contributed by atoms with E-state index < -0.39 is 12.0 Å². The number of esters is 2. The van der Waals surface area contributed by atoms with Crippen molar-refractivity contribution < 1.29 is 19.1 Å². The van der Waals surface area contributed by atoms with Crippen LogP contribution in [0.15, 0.2) is 42.9 Å². The Labute approximate surface area is 161 Å². The topological polar surface area (TPSA) is 97.4 Å². The van der Waals surface area contributed by atoms with Crippen LogP contribution >= 0.6 is 0 Å². The first-order chi connectivity index (χ1) is 13.5. The number of likely N-dealkylation sites (tertiary alicyclic amines) is 1. The largest absolute Gasteiger partial charge is 0.468 e. The van der Waals surface area contributed by atoms with Gasteiger partial charge in [0.1, 0.15) is 23.5 Å². The number of hydrogen-bond acceptors (Lipinski definition) is 7. The van der Waals surface area contributed by atoms with E-state index in [2.05, 4.69) is 15.0 Å². The number of ether oxygens (including phenoxy) is 2. The van der Waals surface area contributed by atoms with Crippen molar-refractivity contribution in [3.63, 3.8) is 0 Å². The highest BCUT2D eigenvalue weighted by Crippen LogP contribution is 2.24. The average Bonchev–Trinajstić information content (AvgIpc) is 3.33. The third-order valence-corrected chi connectivity index (χ3v) is 4.96. The zero-order valence-corrected chi connectivity index (χ0v) is 15.6. The first-order valence-electron chi connectivity index (χ1n) is 8.94. The van der Waals surface area contributed by atoms with Crippen molar-refractivity contribution in [3.8, 4) is 11.1 Å². The summed E-state index contributed by atoms with van der Waals surface area (Å²) in [5.74, 6) is -0.838.